The lowest BCUT2D eigenvalue weighted by atomic mass is 10.0. The van der Waals surface area contributed by atoms with Crippen LogP contribution in [0.2, 0.25) is 0 Å². The quantitative estimate of drug-likeness (QED) is 0.496. The van der Waals surface area contributed by atoms with Gasteiger partial charge >= 0.3 is 12.3 Å². The average Bonchev–Trinajstić information content (AvgIpc) is 3.02. The lowest BCUT2D eigenvalue weighted by Crippen LogP contribution is -2.19. The molecule has 0 radical (unpaired) electrons. The molecule has 0 saturated heterocycles. The van der Waals surface area contributed by atoms with E-state index in [0.29, 0.717) is 11.4 Å². The van der Waals surface area contributed by atoms with E-state index in [2.05, 4.69) is 31.4 Å². The smallest absolute Gasteiger partial charge is 0.416 e. The summed E-state index contributed by atoms with van der Waals surface area (Å²) >= 11 is 3.27. The number of aryl methyl sites for hydroxylation is 1. The lowest BCUT2D eigenvalue weighted by Gasteiger charge is -2.19. The van der Waals surface area contributed by atoms with Crippen molar-refractivity contribution >= 4 is 27.7 Å². The van der Waals surface area contributed by atoms with E-state index in [4.69, 9.17) is 9.26 Å². The summed E-state index contributed by atoms with van der Waals surface area (Å²) in [4.78, 5) is 16.5. The maximum Gasteiger partial charge on any atom is 0.416 e. The first-order valence-corrected chi connectivity index (χ1v) is 9.18. The number of anilines is 1. The molecule has 2 aromatic heterocycles. The third kappa shape index (κ3) is 4.76. The number of carbonyl (C=O) groups is 1. The Hall–Kier alpha value is -2.88. The van der Waals surface area contributed by atoms with Crippen LogP contribution in [-0.2, 0) is 10.9 Å². The van der Waals surface area contributed by atoms with E-state index in [0.717, 1.165) is 10.5 Å². The Balaban J connectivity index is 1.79. The fraction of sp³-hybridized carbons (Fsp3) is 0.211. The molecule has 1 N–H and O–H groups in total. The number of alkyl halides is 3. The highest BCUT2D eigenvalue weighted by Crippen LogP contribution is 2.36. The first-order chi connectivity index (χ1) is 13.7. The molecule has 0 saturated carbocycles. The van der Waals surface area contributed by atoms with Crippen LogP contribution in [0.25, 0.3) is 11.5 Å². The Bertz CT molecular complexity index is 1020. The highest BCUT2D eigenvalue weighted by atomic mass is 79.9. The van der Waals surface area contributed by atoms with E-state index in [1.165, 1.54) is 25.1 Å². The molecule has 1 amide bonds. The van der Waals surface area contributed by atoms with Crippen molar-refractivity contribution in [3.63, 3.8) is 0 Å². The minimum atomic E-state index is -4.56. The van der Waals surface area contributed by atoms with Crippen molar-refractivity contribution < 1.29 is 27.2 Å². The van der Waals surface area contributed by atoms with Crippen molar-refractivity contribution in [3.05, 3.63) is 63.9 Å². The van der Waals surface area contributed by atoms with E-state index in [1.807, 2.05) is 0 Å². The zero-order valence-corrected chi connectivity index (χ0v) is 16.8. The van der Waals surface area contributed by atoms with Gasteiger partial charge in [-0.1, -0.05) is 23.4 Å². The fourth-order valence-corrected chi connectivity index (χ4v) is 2.90. The van der Waals surface area contributed by atoms with Crippen molar-refractivity contribution in [1.29, 1.82) is 0 Å². The van der Waals surface area contributed by atoms with Gasteiger partial charge in [0, 0.05) is 16.2 Å². The van der Waals surface area contributed by atoms with Gasteiger partial charge in [-0.2, -0.15) is 13.2 Å². The van der Waals surface area contributed by atoms with Crippen LogP contribution < -0.4 is 5.32 Å². The zero-order chi connectivity index (χ0) is 21.2. The fourth-order valence-electron chi connectivity index (χ4n) is 2.67. The molecular weight excluding hydrogens is 455 g/mol. The molecule has 152 valence electrons. The number of ether oxygens (including phenoxy) is 1. The summed E-state index contributed by atoms with van der Waals surface area (Å²) in [5.74, 6) is 0.204. The molecule has 3 rings (SSSR count). The zero-order valence-electron chi connectivity index (χ0n) is 15.2. The van der Waals surface area contributed by atoms with Crippen LogP contribution in [0.5, 0.6) is 0 Å². The second kappa shape index (κ2) is 8.24. The molecule has 2 heterocycles. The Kier molecular flexibility index (Phi) is 5.92. The van der Waals surface area contributed by atoms with Crippen molar-refractivity contribution in [2.24, 2.45) is 0 Å². The van der Waals surface area contributed by atoms with Gasteiger partial charge in [-0.25, -0.2) is 4.79 Å². The van der Waals surface area contributed by atoms with Crippen LogP contribution >= 0.6 is 15.9 Å². The minimum Gasteiger partial charge on any atom is -0.441 e. The largest absolute Gasteiger partial charge is 0.441 e. The number of halogens is 4. The van der Waals surface area contributed by atoms with Crippen LogP contribution in [0.3, 0.4) is 0 Å². The number of nitrogens with one attached hydrogen (secondary N) is 1. The van der Waals surface area contributed by atoms with Gasteiger partial charge in [0.25, 0.3) is 0 Å². The molecule has 0 spiro atoms. The van der Waals surface area contributed by atoms with Crippen LogP contribution in [0.1, 0.15) is 29.8 Å². The van der Waals surface area contributed by atoms with Gasteiger partial charge in [0.2, 0.25) is 5.76 Å². The van der Waals surface area contributed by atoms with E-state index in [-0.39, 0.29) is 17.0 Å². The molecule has 3 aromatic rings. The standard InChI is InChI=1S/C19H15BrF3N3O3/c1-10-16(17(29-26-10)15-8-7-12(20)9-24-15)25-18(27)28-11(2)13-5-3-4-6-14(13)19(21,22)23/h3-9,11H,1-2H3,(H,25,27)/t11-/m1/s1. The van der Waals surface area contributed by atoms with Crippen LogP contribution in [0.4, 0.5) is 23.7 Å². The van der Waals surface area contributed by atoms with E-state index in [1.54, 1.807) is 25.3 Å². The monoisotopic (exact) mass is 469 g/mol. The Morgan fingerprint density at radius 1 is 1.24 bits per heavy atom. The second-order valence-electron chi connectivity index (χ2n) is 6.09. The van der Waals surface area contributed by atoms with Gasteiger partial charge < -0.3 is 9.26 Å². The van der Waals surface area contributed by atoms with E-state index in [9.17, 15) is 18.0 Å². The van der Waals surface area contributed by atoms with Gasteiger partial charge in [-0.15, -0.1) is 0 Å². The van der Waals surface area contributed by atoms with Crippen LogP contribution in [0.15, 0.2) is 51.6 Å². The molecule has 0 unspecified atom stereocenters. The number of nitrogens with zero attached hydrogens (tertiary/aromatic N) is 2. The van der Waals surface area contributed by atoms with Gasteiger partial charge in [-0.05, 0) is 48.0 Å². The highest BCUT2D eigenvalue weighted by molar-refractivity contribution is 9.10. The number of benzene rings is 1. The lowest BCUT2D eigenvalue weighted by molar-refractivity contribution is -0.139. The number of amides is 1. The minimum absolute atomic E-state index is 0.146. The molecule has 10 heteroatoms. The third-order valence-corrected chi connectivity index (χ3v) is 4.51. The Morgan fingerprint density at radius 3 is 2.62 bits per heavy atom. The van der Waals surface area contributed by atoms with Gasteiger partial charge in [0.05, 0.1) is 5.56 Å². The summed E-state index contributed by atoms with van der Waals surface area (Å²) in [6, 6.07) is 8.32. The normalized spacial score (nSPS) is 12.5. The summed E-state index contributed by atoms with van der Waals surface area (Å²) in [6.07, 6.45) is -5.09. The summed E-state index contributed by atoms with van der Waals surface area (Å²) in [5, 5.41) is 6.29. The van der Waals surface area contributed by atoms with Crippen molar-refractivity contribution in [3.8, 4) is 11.5 Å². The first kappa shape index (κ1) is 20.8. The SMILES string of the molecule is Cc1noc(-c2ccc(Br)cn2)c1NC(=O)O[C@H](C)c1ccccc1C(F)(F)F. The van der Waals surface area contributed by atoms with Crippen molar-refractivity contribution in [1.82, 2.24) is 10.1 Å². The van der Waals surface area contributed by atoms with Crippen LogP contribution in [-0.4, -0.2) is 16.2 Å². The molecule has 29 heavy (non-hydrogen) atoms. The number of rotatable bonds is 4. The summed E-state index contributed by atoms with van der Waals surface area (Å²) < 4.78 is 50.7. The maximum absolute atomic E-state index is 13.2. The Labute approximate surface area is 172 Å². The summed E-state index contributed by atoms with van der Waals surface area (Å²) in [6.45, 7) is 2.96. The number of pyridine rings is 1. The molecule has 6 nitrogen and oxygen atoms in total. The number of hydrogen-bond acceptors (Lipinski definition) is 5. The molecule has 0 aliphatic rings. The number of aromatic nitrogens is 2. The maximum atomic E-state index is 13.2. The second-order valence-corrected chi connectivity index (χ2v) is 7.01. The van der Waals surface area contributed by atoms with Gasteiger partial charge in [0.1, 0.15) is 23.2 Å². The van der Waals surface area contributed by atoms with Gasteiger partial charge in [-0.3, -0.25) is 10.3 Å². The Morgan fingerprint density at radius 2 is 1.97 bits per heavy atom. The topological polar surface area (TPSA) is 77.3 Å². The molecule has 1 atom stereocenters. The molecule has 0 aliphatic heterocycles. The van der Waals surface area contributed by atoms with Crippen LogP contribution in [0, 0.1) is 6.92 Å². The van der Waals surface area contributed by atoms with E-state index >= 15 is 0 Å². The van der Waals surface area contributed by atoms with Crippen molar-refractivity contribution in [2.75, 3.05) is 5.32 Å². The predicted octanol–water partition coefficient (Wildman–Crippen LogP) is 6.14. The summed E-state index contributed by atoms with van der Waals surface area (Å²) in [5.41, 5.74) is -0.00101. The third-order valence-electron chi connectivity index (χ3n) is 4.04. The first-order valence-electron chi connectivity index (χ1n) is 8.38. The van der Waals surface area contributed by atoms with E-state index < -0.39 is 23.9 Å². The predicted molar refractivity (Wildman–Crippen MR) is 102 cm³/mol. The van der Waals surface area contributed by atoms with Gasteiger partial charge in [0.15, 0.2) is 0 Å². The molecular formula is C19H15BrF3N3O3. The highest BCUT2D eigenvalue weighted by Gasteiger charge is 2.35. The average molecular weight is 470 g/mol. The molecule has 0 fully saturated rings. The van der Waals surface area contributed by atoms with Crippen molar-refractivity contribution in [2.45, 2.75) is 26.1 Å². The molecule has 0 aliphatic carbocycles. The molecule has 0 bridgehead atoms. The summed E-state index contributed by atoms with van der Waals surface area (Å²) in [7, 11) is 0. The molecule has 1 aromatic carbocycles. The number of carbonyl (C=O) groups excluding carboxylic acids is 1. The number of hydrogen-bond donors (Lipinski definition) is 1.